The number of pyridine rings is 1. The first-order chi connectivity index (χ1) is 13.4. The van der Waals surface area contributed by atoms with Crippen molar-refractivity contribution in [2.24, 2.45) is 0 Å². The Hall–Kier alpha value is -3.28. The van der Waals surface area contributed by atoms with Crippen molar-refractivity contribution in [2.75, 3.05) is 5.32 Å². The van der Waals surface area contributed by atoms with Crippen molar-refractivity contribution in [3.8, 4) is 0 Å². The summed E-state index contributed by atoms with van der Waals surface area (Å²) in [6, 6.07) is 18.1. The largest absolute Gasteiger partial charge is 0.418 e. The first-order valence-corrected chi connectivity index (χ1v) is 8.86. The van der Waals surface area contributed by atoms with Gasteiger partial charge in [-0.05, 0) is 37.3 Å². The molecular formula is C22H18F3N3. The molecule has 0 aliphatic heterocycles. The Morgan fingerprint density at radius 2 is 1.64 bits per heavy atom. The van der Waals surface area contributed by atoms with Gasteiger partial charge in [0.15, 0.2) is 0 Å². The van der Waals surface area contributed by atoms with Gasteiger partial charge >= 0.3 is 6.18 Å². The van der Waals surface area contributed by atoms with Gasteiger partial charge in [-0.15, -0.1) is 0 Å². The van der Waals surface area contributed by atoms with Crippen LogP contribution in [0.4, 0.5) is 18.9 Å². The monoisotopic (exact) mass is 381 g/mol. The molecule has 0 saturated heterocycles. The summed E-state index contributed by atoms with van der Waals surface area (Å²) >= 11 is 0. The van der Waals surface area contributed by atoms with Crippen LogP contribution < -0.4 is 5.32 Å². The minimum Gasteiger partial charge on any atom is -0.372 e. The van der Waals surface area contributed by atoms with Crippen LogP contribution in [0, 0.1) is 6.92 Å². The van der Waals surface area contributed by atoms with E-state index in [2.05, 4.69) is 15.3 Å². The van der Waals surface area contributed by atoms with Gasteiger partial charge in [0, 0.05) is 34.0 Å². The molecule has 4 aromatic rings. The van der Waals surface area contributed by atoms with Gasteiger partial charge in [-0.3, -0.25) is 4.98 Å². The quantitative estimate of drug-likeness (QED) is 0.449. The number of aromatic nitrogens is 2. The van der Waals surface area contributed by atoms with E-state index in [1.807, 2.05) is 43.3 Å². The number of hydrogen-bond donors (Lipinski definition) is 2. The smallest absolute Gasteiger partial charge is 0.372 e. The topological polar surface area (TPSA) is 40.7 Å². The van der Waals surface area contributed by atoms with Gasteiger partial charge in [0.2, 0.25) is 0 Å². The number of rotatable bonds is 4. The van der Waals surface area contributed by atoms with Crippen molar-refractivity contribution in [3.63, 3.8) is 0 Å². The summed E-state index contributed by atoms with van der Waals surface area (Å²) in [5.41, 5.74) is 2.66. The maximum Gasteiger partial charge on any atom is 0.418 e. The highest BCUT2D eigenvalue weighted by Crippen LogP contribution is 2.39. The van der Waals surface area contributed by atoms with Crippen LogP contribution in [0.15, 0.2) is 72.9 Å². The maximum absolute atomic E-state index is 13.5. The molecule has 2 heterocycles. The maximum atomic E-state index is 13.5. The van der Waals surface area contributed by atoms with Gasteiger partial charge < -0.3 is 10.3 Å². The minimum absolute atomic E-state index is 0.0235. The fourth-order valence-corrected chi connectivity index (χ4v) is 3.52. The number of anilines is 1. The van der Waals surface area contributed by atoms with E-state index in [1.54, 1.807) is 18.3 Å². The van der Waals surface area contributed by atoms with Crippen molar-refractivity contribution in [1.29, 1.82) is 0 Å². The molecule has 0 unspecified atom stereocenters. The second-order valence-corrected chi connectivity index (χ2v) is 6.58. The molecule has 0 spiro atoms. The van der Waals surface area contributed by atoms with Crippen molar-refractivity contribution in [1.82, 2.24) is 9.97 Å². The summed E-state index contributed by atoms with van der Waals surface area (Å²) in [6.07, 6.45) is -2.81. The molecule has 4 rings (SSSR count). The van der Waals surface area contributed by atoms with E-state index in [0.717, 1.165) is 28.2 Å². The van der Waals surface area contributed by atoms with Gasteiger partial charge in [0.1, 0.15) is 0 Å². The number of halogens is 3. The van der Waals surface area contributed by atoms with Crippen molar-refractivity contribution < 1.29 is 13.2 Å². The van der Waals surface area contributed by atoms with Gasteiger partial charge in [0.05, 0.1) is 17.3 Å². The second-order valence-electron chi connectivity index (χ2n) is 6.58. The van der Waals surface area contributed by atoms with Crippen molar-refractivity contribution in [3.05, 3.63) is 95.4 Å². The number of aryl methyl sites for hydroxylation is 1. The lowest BCUT2D eigenvalue weighted by molar-refractivity contribution is -0.137. The molecule has 0 radical (unpaired) electrons. The summed E-state index contributed by atoms with van der Waals surface area (Å²) < 4.78 is 40.5. The zero-order valence-corrected chi connectivity index (χ0v) is 15.1. The molecule has 6 heteroatoms. The Bertz CT molecular complexity index is 1100. The predicted molar refractivity (Wildman–Crippen MR) is 104 cm³/mol. The Morgan fingerprint density at radius 3 is 2.39 bits per heavy atom. The fourth-order valence-electron chi connectivity index (χ4n) is 3.52. The van der Waals surface area contributed by atoms with E-state index in [1.165, 1.54) is 12.1 Å². The first-order valence-electron chi connectivity index (χ1n) is 8.86. The van der Waals surface area contributed by atoms with Gasteiger partial charge in [-0.2, -0.15) is 13.2 Å². The Balaban J connectivity index is 1.89. The summed E-state index contributed by atoms with van der Waals surface area (Å²) in [6.45, 7) is 1.92. The molecule has 2 aromatic carbocycles. The number of H-pyrrole nitrogens is 1. The highest BCUT2D eigenvalue weighted by molar-refractivity contribution is 5.86. The molecule has 0 aliphatic carbocycles. The summed E-state index contributed by atoms with van der Waals surface area (Å²) in [5.74, 6) is 0. The molecular weight excluding hydrogens is 363 g/mol. The highest BCUT2D eigenvalue weighted by atomic mass is 19.4. The zero-order chi connectivity index (χ0) is 19.7. The SMILES string of the molecule is Cc1[nH]c2ccccc2c1[C@H](Nc1ccccc1C(F)(F)F)c1ccccn1. The molecule has 0 amide bonds. The van der Waals surface area contributed by atoms with Crippen LogP contribution in [-0.2, 0) is 6.18 Å². The number of hydrogen-bond acceptors (Lipinski definition) is 2. The molecule has 1 atom stereocenters. The fraction of sp³-hybridized carbons (Fsp3) is 0.136. The van der Waals surface area contributed by atoms with Gasteiger partial charge in [-0.1, -0.05) is 36.4 Å². The van der Waals surface area contributed by atoms with E-state index >= 15 is 0 Å². The third-order valence-electron chi connectivity index (χ3n) is 4.75. The predicted octanol–water partition coefficient (Wildman–Crippen LogP) is 6.09. The molecule has 28 heavy (non-hydrogen) atoms. The van der Waals surface area contributed by atoms with Crippen LogP contribution in [0.1, 0.15) is 28.6 Å². The van der Waals surface area contributed by atoms with Crippen LogP contribution in [0.25, 0.3) is 10.9 Å². The average Bonchev–Trinajstić information content (AvgIpc) is 3.02. The molecule has 0 bridgehead atoms. The van der Waals surface area contributed by atoms with Crippen LogP contribution in [0.3, 0.4) is 0 Å². The third-order valence-corrected chi connectivity index (χ3v) is 4.75. The highest BCUT2D eigenvalue weighted by Gasteiger charge is 2.34. The van der Waals surface area contributed by atoms with Gasteiger partial charge in [-0.25, -0.2) is 0 Å². The van der Waals surface area contributed by atoms with E-state index in [4.69, 9.17) is 0 Å². The van der Waals surface area contributed by atoms with E-state index in [0.29, 0.717) is 5.69 Å². The normalized spacial score (nSPS) is 12.9. The molecule has 0 aliphatic rings. The number of alkyl halides is 3. The molecule has 142 valence electrons. The summed E-state index contributed by atoms with van der Waals surface area (Å²) in [4.78, 5) is 7.73. The standard InChI is InChI=1S/C22H18F3N3/c1-14-20(15-8-2-4-10-17(15)27-14)21(19-12-6-7-13-26-19)28-18-11-5-3-9-16(18)22(23,24)25/h2-13,21,27-28H,1H3/t21-/m1/s1. The molecule has 3 nitrogen and oxygen atoms in total. The van der Waals surface area contributed by atoms with Crippen LogP contribution in [0.5, 0.6) is 0 Å². The molecule has 0 fully saturated rings. The molecule has 2 N–H and O–H groups in total. The van der Waals surface area contributed by atoms with Gasteiger partial charge in [0.25, 0.3) is 0 Å². The number of nitrogens with one attached hydrogen (secondary N) is 2. The number of fused-ring (bicyclic) bond motifs is 1. The first kappa shape index (κ1) is 18.1. The number of benzene rings is 2. The van der Waals surface area contributed by atoms with Crippen LogP contribution >= 0.6 is 0 Å². The summed E-state index contributed by atoms with van der Waals surface area (Å²) in [5, 5.41) is 4.05. The Morgan fingerprint density at radius 1 is 0.929 bits per heavy atom. The lowest BCUT2D eigenvalue weighted by Gasteiger charge is -2.23. The Labute approximate surface area is 160 Å². The number of para-hydroxylation sites is 2. The van der Waals surface area contributed by atoms with Crippen LogP contribution in [-0.4, -0.2) is 9.97 Å². The molecule has 2 aromatic heterocycles. The average molecular weight is 381 g/mol. The van der Waals surface area contributed by atoms with E-state index in [-0.39, 0.29) is 5.69 Å². The number of nitrogens with zero attached hydrogens (tertiary/aromatic N) is 1. The lowest BCUT2D eigenvalue weighted by Crippen LogP contribution is -2.18. The van der Waals surface area contributed by atoms with Crippen molar-refractivity contribution >= 4 is 16.6 Å². The second kappa shape index (κ2) is 7.03. The zero-order valence-electron chi connectivity index (χ0n) is 15.1. The summed E-state index contributed by atoms with van der Waals surface area (Å²) in [7, 11) is 0. The van der Waals surface area contributed by atoms with E-state index in [9.17, 15) is 13.2 Å². The van der Waals surface area contributed by atoms with Crippen LogP contribution in [0.2, 0.25) is 0 Å². The molecule has 0 saturated carbocycles. The van der Waals surface area contributed by atoms with Crippen molar-refractivity contribution in [2.45, 2.75) is 19.1 Å². The van der Waals surface area contributed by atoms with E-state index < -0.39 is 17.8 Å². The lowest BCUT2D eigenvalue weighted by atomic mass is 9.98. The number of aromatic amines is 1. The Kier molecular flexibility index (Phi) is 4.55. The minimum atomic E-state index is -4.45. The third kappa shape index (κ3) is 3.33.